The van der Waals surface area contributed by atoms with Crippen molar-refractivity contribution in [3.8, 4) is 0 Å². The molecule has 0 aromatic carbocycles. The molecule has 4 heteroatoms. The smallest absolute Gasteiger partial charge is 0.353 e. The van der Waals surface area contributed by atoms with Crippen molar-refractivity contribution in [3.63, 3.8) is 0 Å². The summed E-state index contributed by atoms with van der Waals surface area (Å²) in [6, 6.07) is 0. The van der Waals surface area contributed by atoms with Gasteiger partial charge in [-0.2, -0.15) is 0 Å². The molecule has 1 aromatic heterocycles. The lowest BCUT2D eigenvalue weighted by Crippen LogP contribution is -1.96. The van der Waals surface area contributed by atoms with Crippen LogP contribution in [0.2, 0.25) is 0 Å². The highest BCUT2D eigenvalue weighted by Gasteiger charge is 2.06. The molecular formula is C15H26N2O2. The average molecular weight is 266 g/mol. The van der Waals surface area contributed by atoms with E-state index < -0.39 is 5.97 Å². The molecule has 0 unspecified atom stereocenters. The molecule has 4 nitrogen and oxygen atoms in total. The molecule has 0 saturated heterocycles. The SMILES string of the molecule is CCCCCCCCCCCc1ncc(C(=O)O)[nH]1. The molecule has 2 N–H and O–H groups in total. The van der Waals surface area contributed by atoms with Crippen LogP contribution >= 0.6 is 0 Å². The maximum atomic E-state index is 10.7. The number of carboxylic acids is 1. The van der Waals surface area contributed by atoms with Crippen molar-refractivity contribution in [3.05, 3.63) is 17.7 Å². The monoisotopic (exact) mass is 266 g/mol. The quantitative estimate of drug-likeness (QED) is 0.590. The third-order valence-corrected chi connectivity index (χ3v) is 3.38. The zero-order chi connectivity index (χ0) is 13.9. The van der Waals surface area contributed by atoms with Crippen LogP contribution in [0.25, 0.3) is 0 Å². The number of nitrogens with zero attached hydrogens (tertiary/aromatic N) is 1. The fourth-order valence-electron chi connectivity index (χ4n) is 2.20. The van der Waals surface area contributed by atoms with Crippen LogP contribution in [0.15, 0.2) is 6.20 Å². The molecule has 1 heterocycles. The molecule has 0 aliphatic carbocycles. The van der Waals surface area contributed by atoms with Crippen molar-refractivity contribution in [2.75, 3.05) is 0 Å². The van der Waals surface area contributed by atoms with Gasteiger partial charge in [-0.3, -0.25) is 0 Å². The van der Waals surface area contributed by atoms with Crippen molar-refractivity contribution in [1.29, 1.82) is 0 Å². The summed E-state index contributed by atoms with van der Waals surface area (Å²) in [5.74, 6) is -0.147. The first-order valence-corrected chi connectivity index (χ1v) is 7.51. The summed E-state index contributed by atoms with van der Waals surface area (Å²) in [7, 11) is 0. The summed E-state index contributed by atoms with van der Waals surface area (Å²) in [5.41, 5.74) is 0.186. The number of hydrogen-bond donors (Lipinski definition) is 2. The van der Waals surface area contributed by atoms with Gasteiger partial charge in [-0.1, -0.05) is 58.3 Å². The van der Waals surface area contributed by atoms with Gasteiger partial charge in [0.25, 0.3) is 0 Å². The number of carboxylic acid groups (broad SMARTS) is 1. The van der Waals surface area contributed by atoms with Gasteiger partial charge in [0, 0.05) is 6.42 Å². The Balaban J connectivity index is 1.97. The second kappa shape index (κ2) is 9.59. The fraction of sp³-hybridized carbons (Fsp3) is 0.733. The van der Waals surface area contributed by atoms with Gasteiger partial charge in [0.05, 0.1) is 6.20 Å². The van der Waals surface area contributed by atoms with E-state index in [9.17, 15) is 4.79 Å². The van der Waals surface area contributed by atoms with E-state index in [1.54, 1.807) is 0 Å². The van der Waals surface area contributed by atoms with Crippen LogP contribution in [0.4, 0.5) is 0 Å². The van der Waals surface area contributed by atoms with Gasteiger partial charge in [-0.15, -0.1) is 0 Å². The molecule has 0 atom stereocenters. The molecule has 0 fully saturated rings. The number of carbonyl (C=O) groups is 1. The lowest BCUT2D eigenvalue weighted by molar-refractivity contribution is 0.0691. The van der Waals surface area contributed by atoms with Crippen molar-refractivity contribution >= 4 is 5.97 Å². The molecule has 0 radical (unpaired) electrons. The van der Waals surface area contributed by atoms with Gasteiger partial charge < -0.3 is 10.1 Å². The number of hydrogen-bond acceptors (Lipinski definition) is 2. The molecule has 0 spiro atoms. The van der Waals surface area contributed by atoms with Gasteiger partial charge in [0.2, 0.25) is 0 Å². The summed E-state index contributed by atoms with van der Waals surface area (Å²) >= 11 is 0. The fourth-order valence-corrected chi connectivity index (χ4v) is 2.20. The predicted molar refractivity (Wildman–Crippen MR) is 76.5 cm³/mol. The number of H-pyrrole nitrogens is 1. The topological polar surface area (TPSA) is 66.0 Å². The highest BCUT2D eigenvalue weighted by Crippen LogP contribution is 2.11. The van der Waals surface area contributed by atoms with Gasteiger partial charge >= 0.3 is 5.97 Å². The van der Waals surface area contributed by atoms with Crippen LogP contribution in [0.5, 0.6) is 0 Å². The third kappa shape index (κ3) is 6.99. The number of rotatable bonds is 11. The van der Waals surface area contributed by atoms with Crippen LogP contribution in [0.3, 0.4) is 0 Å². The van der Waals surface area contributed by atoms with Gasteiger partial charge in [0.1, 0.15) is 11.5 Å². The first-order chi connectivity index (χ1) is 9.24. The summed E-state index contributed by atoms with van der Waals surface area (Å²) in [5, 5.41) is 8.76. The third-order valence-electron chi connectivity index (χ3n) is 3.38. The second-order valence-electron chi connectivity index (χ2n) is 5.13. The number of aromatic carboxylic acids is 1. The summed E-state index contributed by atoms with van der Waals surface area (Å²) in [6.45, 7) is 2.24. The van der Waals surface area contributed by atoms with Gasteiger partial charge in [0.15, 0.2) is 0 Å². The molecule has 0 aliphatic heterocycles. The molecule has 1 aromatic rings. The number of aryl methyl sites for hydroxylation is 1. The van der Waals surface area contributed by atoms with E-state index in [-0.39, 0.29) is 5.69 Å². The summed E-state index contributed by atoms with van der Waals surface area (Å²) < 4.78 is 0. The summed E-state index contributed by atoms with van der Waals surface area (Å²) in [4.78, 5) is 17.6. The first-order valence-electron chi connectivity index (χ1n) is 7.51. The maximum Gasteiger partial charge on any atom is 0.353 e. The zero-order valence-corrected chi connectivity index (χ0v) is 12.0. The molecule has 0 aliphatic rings. The summed E-state index contributed by atoms with van der Waals surface area (Å²) in [6.07, 6.45) is 13.9. The van der Waals surface area contributed by atoms with Gasteiger partial charge in [-0.05, 0) is 6.42 Å². The lowest BCUT2D eigenvalue weighted by atomic mass is 10.1. The molecule has 1 rings (SSSR count). The van der Waals surface area contributed by atoms with Crippen LogP contribution in [0, 0.1) is 0 Å². The Morgan fingerprint density at radius 2 is 1.68 bits per heavy atom. The average Bonchev–Trinajstić information content (AvgIpc) is 2.86. The van der Waals surface area contributed by atoms with Crippen LogP contribution in [-0.4, -0.2) is 21.0 Å². The van der Waals surface area contributed by atoms with Crippen molar-refractivity contribution in [2.45, 2.75) is 71.1 Å². The van der Waals surface area contributed by atoms with E-state index in [4.69, 9.17) is 5.11 Å². The predicted octanol–water partition coefficient (Wildman–Crippen LogP) is 4.18. The Bertz CT molecular complexity index is 361. The Morgan fingerprint density at radius 3 is 2.21 bits per heavy atom. The van der Waals surface area contributed by atoms with E-state index in [0.29, 0.717) is 0 Å². The Kier molecular flexibility index (Phi) is 7.94. The van der Waals surface area contributed by atoms with E-state index in [1.165, 1.54) is 57.6 Å². The van der Waals surface area contributed by atoms with E-state index in [0.717, 1.165) is 18.7 Å². The Labute approximate surface area is 115 Å². The minimum atomic E-state index is -0.939. The van der Waals surface area contributed by atoms with E-state index >= 15 is 0 Å². The number of aromatic nitrogens is 2. The lowest BCUT2D eigenvalue weighted by Gasteiger charge is -2.01. The largest absolute Gasteiger partial charge is 0.477 e. The standard InChI is InChI=1S/C15H26N2O2/c1-2-3-4-5-6-7-8-9-10-11-14-16-12-13(17-14)15(18)19/h12H,2-11H2,1H3,(H,16,17)(H,18,19). The minimum Gasteiger partial charge on any atom is -0.477 e. The Hall–Kier alpha value is -1.32. The number of aromatic amines is 1. The van der Waals surface area contributed by atoms with Crippen molar-refractivity contribution < 1.29 is 9.90 Å². The minimum absolute atomic E-state index is 0.186. The van der Waals surface area contributed by atoms with E-state index in [2.05, 4.69) is 16.9 Å². The molecule has 0 saturated carbocycles. The van der Waals surface area contributed by atoms with E-state index in [1.807, 2.05) is 0 Å². The Morgan fingerprint density at radius 1 is 1.11 bits per heavy atom. The molecule has 0 bridgehead atoms. The number of imidazole rings is 1. The normalized spacial score (nSPS) is 10.8. The zero-order valence-electron chi connectivity index (χ0n) is 12.0. The number of nitrogens with one attached hydrogen (secondary N) is 1. The molecular weight excluding hydrogens is 240 g/mol. The van der Waals surface area contributed by atoms with Crippen molar-refractivity contribution in [2.24, 2.45) is 0 Å². The highest BCUT2D eigenvalue weighted by molar-refractivity contribution is 5.84. The number of unbranched alkanes of at least 4 members (excludes halogenated alkanes) is 8. The van der Waals surface area contributed by atoms with Gasteiger partial charge in [-0.25, -0.2) is 9.78 Å². The van der Waals surface area contributed by atoms with Crippen molar-refractivity contribution in [1.82, 2.24) is 9.97 Å². The molecule has 19 heavy (non-hydrogen) atoms. The second-order valence-corrected chi connectivity index (χ2v) is 5.13. The van der Waals surface area contributed by atoms with Crippen LogP contribution < -0.4 is 0 Å². The maximum absolute atomic E-state index is 10.7. The molecule has 108 valence electrons. The molecule has 0 amide bonds. The highest BCUT2D eigenvalue weighted by atomic mass is 16.4. The first kappa shape index (κ1) is 15.7. The van der Waals surface area contributed by atoms with Crippen LogP contribution in [0.1, 0.15) is 81.0 Å². The van der Waals surface area contributed by atoms with Crippen LogP contribution in [-0.2, 0) is 6.42 Å².